The van der Waals surface area contributed by atoms with Gasteiger partial charge in [0.15, 0.2) is 0 Å². The van der Waals surface area contributed by atoms with Gasteiger partial charge in [-0.3, -0.25) is 4.79 Å². The molecule has 1 aromatic carbocycles. The van der Waals surface area contributed by atoms with Gasteiger partial charge in [0.25, 0.3) is 5.91 Å². The fraction of sp³-hybridized carbons (Fsp3) is 0.500. The SMILES string of the molecule is O=C(c1ccc(I)cc1)N1C2CCNCC1CC2. The summed E-state index contributed by atoms with van der Waals surface area (Å²) >= 11 is 2.27. The summed E-state index contributed by atoms with van der Waals surface area (Å²) in [6, 6.07) is 8.74. The summed E-state index contributed by atoms with van der Waals surface area (Å²) < 4.78 is 1.17. The lowest BCUT2D eigenvalue weighted by molar-refractivity contribution is 0.0680. The first-order chi connectivity index (χ1) is 8.75. The number of carbonyl (C=O) groups excluding carboxylic acids is 1. The van der Waals surface area contributed by atoms with Crippen molar-refractivity contribution in [2.45, 2.75) is 31.3 Å². The highest BCUT2D eigenvalue weighted by atomic mass is 127. The molecule has 1 aromatic rings. The molecule has 2 fully saturated rings. The monoisotopic (exact) mass is 356 g/mol. The summed E-state index contributed by atoms with van der Waals surface area (Å²) in [5.41, 5.74) is 0.828. The molecule has 4 heteroatoms. The Kier molecular flexibility index (Phi) is 3.56. The fourth-order valence-electron chi connectivity index (χ4n) is 3.06. The van der Waals surface area contributed by atoms with Crippen molar-refractivity contribution < 1.29 is 4.79 Å². The molecule has 2 unspecified atom stereocenters. The lowest BCUT2D eigenvalue weighted by Gasteiger charge is -2.28. The van der Waals surface area contributed by atoms with E-state index in [0.29, 0.717) is 12.1 Å². The maximum atomic E-state index is 12.6. The van der Waals surface area contributed by atoms with Crippen LogP contribution in [0.25, 0.3) is 0 Å². The van der Waals surface area contributed by atoms with Crippen molar-refractivity contribution in [1.29, 1.82) is 0 Å². The van der Waals surface area contributed by atoms with Crippen molar-refractivity contribution in [1.82, 2.24) is 10.2 Å². The Morgan fingerprint density at radius 3 is 2.67 bits per heavy atom. The van der Waals surface area contributed by atoms with Crippen LogP contribution < -0.4 is 5.32 Å². The van der Waals surface area contributed by atoms with Crippen LogP contribution in [0.3, 0.4) is 0 Å². The molecule has 0 spiro atoms. The van der Waals surface area contributed by atoms with Gasteiger partial charge in [-0.05, 0) is 72.7 Å². The van der Waals surface area contributed by atoms with Crippen LogP contribution in [0.2, 0.25) is 0 Å². The summed E-state index contributed by atoms with van der Waals surface area (Å²) in [6.45, 7) is 1.99. The second kappa shape index (κ2) is 5.17. The average molecular weight is 356 g/mol. The van der Waals surface area contributed by atoms with Crippen LogP contribution in [0, 0.1) is 3.57 Å². The van der Waals surface area contributed by atoms with Gasteiger partial charge in [0, 0.05) is 27.8 Å². The molecule has 0 aromatic heterocycles. The minimum Gasteiger partial charge on any atom is -0.331 e. The lowest BCUT2D eigenvalue weighted by Crippen LogP contribution is -2.42. The van der Waals surface area contributed by atoms with E-state index in [-0.39, 0.29) is 5.91 Å². The van der Waals surface area contributed by atoms with E-state index in [4.69, 9.17) is 0 Å². The van der Waals surface area contributed by atoms with Gasteiger partial charge < -0.3 is 10.2 Å². The number of hydrogen-bond donors (Lipinski definition) is 1. The van der Waals surface area contributed by atoms with Crippen LogP contribution in [-0.2, 0) is 0 Å². The molecule has 2 aliphatic heterocycles. The van der Waals surface area contributed by atoms with Crippen LogP contribution in [0.4, 0.5) is 0 Å². The zero-order valence-corrected chi connectivity index (χ0v) is 12.4. The molecule has 0 radical (unpaired) electrons. The van der Waals surface area contributed by atoms with Gasteiger partial charge >= 0.3 is 0 Å². The van der Waals surface area contributed by atoms with Crippen LogP contribution >= 0.6 is 22.6 Å². The molecule has 1 N–H and O–H groups in total. The predicted octanol–water partition coefficient (Wildman–Crippen LogP) is 2.26. The molecule has 96 valence electrons. The number of fused-ring (bicyclic) bond motifs is 2. The maximum absolute atomic E-state index is 12.6. The molecule has 18 heavy (non-hydrogen) atoms. The summed E-state index contributed by atoms with van der Waals surface area (Å²) in [6.07, 6.45) is 3.41. The standard InChI is InChI=1S/C14H17IN2O/c15-11-3-1-10(2-4-11)14(18)17-12-5-6-13(17)9-16-8-7-12/h1-4,12-13,16H,5-9H2. The molecule has 2 saturated heterocycles. The number of amides is 1. The smallest absolute Gasteiger partial charge is 0.254 e. The van der Waals surface area contributed by atoms with Gasteiger partial charge in [0.1, 0.15) is 0 Å². The largest absolute Gasteiger partial charge is 0.331 e. The van der Waals surface area contributed by atoms with Gasteiger partial charge in [0.05, 0.1) is 0 Å². The molecule has 2 atom stereocenters. The minimum atomic E-state index is 0.211. The van der Waals surface area contributed by atoms with Crippen molar-refractivity contribution in [2.75, 3.05) is 13.1 Å². The summed E-state index contributed by atoms with van der Waals surface area (Å²) in [5, 5.41) is 3.43. The fourth-order valence-corrected chi connectivity index (χ4v) is 3.42. The van der Waals surface area contributed by atoms with E-state index in [1.807, 2.05) is 24.3 Å². The third-order valence-corrected chi connectivity index (χ3v) is 4.70. The average Bonchev–Trinajstić information content (AvgIpc) is 2.63. The summed E-state index contributed by atoms with van der Waals surface area (Å²) in [4.78, 5) is 14.7. The number of carbonyl (C=O) groups is 1. The molecule has 2 heterocycles. The predicted molar refractivity (Wildman–Crippen MR) is 79.6 cm³/mol. The first-order valence-electron chi connectivity index (χ1n) is 6.54. The third kappa shape index (κ3) is 2.28. The van der Waals surface area contributed by atoms with Crippen molar-refractivity contribution in [3.63, 3.8) is 0 Å². The Morgan fingerprint density at radius 1 is 1.17 bits per heavy atom. The van der Waals surface area contributed by atoms with E-state index in [0.717, 1.165) is 31.5 Å². The van der Waals surface area contributed by atoms with Gasteiger partial charge in [-0.2, -0.15) is 0 Å². The topological polar surface area (TPSA) is 32.3 Å². The highest BCUT2D eigenvalue weighted by Crippen LogP contribution is 2.29. The van der Waals surface area contributed by atoms with E-state index in [1.54, 1.807) is 0 Å². The Balaban J connectivity index is 1.85. The molecule has 3 rings (SSSR count). The Bertz CT molecular complexity index is 432. The highest BCUT2D eigenvalue weighted by Gasteiger charge is 2.38. The second-order valence-corrected chi connectivity index (χ2v) is 6.34. The maximum Gasteiger partial charge on any atom is 0.254 e. The van der Waals surface area contributed by atoms with Crippen LogP contribution in [0.15, 0.2) is 24.3 Å². The first-order valence-corrected chi connectivity index (χ1v) is 7.62. The van der Waals surface area contributed by atoms with Crippen molar-refractivity contribution in [2.24, 2.45) is 0 Å². The molecule has 3 nitrogen and oxygen atoms in total. The summed E-state index contributed by atoms with van der Waals surface area (Å²) in [5.74, 6) is 0.211. The number of nitrogens with one attached hydrogen (secondary N) is 1. The molecule has 0 saturated carbocycles. The lowest BCUT2D eigenvalue weighted by atomic mass is 10.1. The number of halogens is 1. The quantitative estimate of drug-likeness (QED) is 0.783. The molecular weight excluding hydrogens is 339 g/mol. The van der Waals surface area contributed by atoms with Crippen LogP contribution in [-0.4, -0.2) is 36.0 Å². The van der Waals surface area contributed by atoms with E-state index in [9.17, 15) is 4.79 Å². The minimum absolute atomic E-state index is 0.211. The van der Waals surface area contributed by atoms with E-state index < -0.39 is 0 Å². The molecule has 2 aliphatic rings. The third-order valence-electron chi connectivity index (χ3n) is 3.98. The van der Waals surface area contributed by atoms with Crippen LogP contribution in [0.1, 0.15) is 29.6 Å². The molecule has 2 bridgehead atoms. The van der Waals surface area contributed by atoms with E-state index >= 15 is 0 Å². The number of rotatable bonds is 1. The van der Waals surface area contributed by atoms with Crippen molar-refractivity contribution >= 4 is 28.5 Å². The Hall–Kier alpha value is -0.620. The normalized spacial score (nSPS) is 27.1. The van der Waals surface area contributed by atoms with Crippen molar-refractivity contribution in [3.05, 3.63) is 33.4 Å². The Morgan fingerprint density at radius 2 is 1.89 bits per heavy atom. The zero-order chi connectivity index (χ0) is 12.5. The van der Waals surface area contributed by atoms with Gasteiger partial charge in [-0.25, -0.2) is 0 Å². The first kappa shape index (κ1) is 12.4. The van der Waals surface area contributed by atoms with Gasteiger partial charge in [-0.1, -0.05) is 0 Å². The summed E-state index contributed by atoms with van der Waals surface area (Å²) in [7, 11) is 0. The zero-order valence-electron chi connectivity index (χ0n) is 10.2. The van der Waals surface area contributed by atoms with E-state index in [1.165, 1.54) is 9.99 Å². The number of benzene rings is 1. The van der Waals surface area contributed by atoms with Crippen molar-refractivity contribution in [3.8, 4) is 0 Å². The van der Waals surface area contributed by atoms with Gasteiger partial charge in [-0.15, -0.1) is 0 Å². The van der Waals surface area contributed by atoms with E-state index in [2.05, 4.69) is 32.8 Å². The molecular formula is C14H17IN2O. The molecule has 0 aliphatic carbocycles. The molecule has 1 amide bonds. The number of hydrogen-bond acceptors (Lipinski definition) is 2. The highest BCUT2D eigenvalue weighted by molar-refractivity contribution is 14.1. The number of nitrogens with zero attached hydrogens (tertiary/aromatic N) is 1. The Labute approximate surface area is 121 Å². The van der Waals surface area contributed by atoms with Gasteiger partial charge in [0.2, 0.25) is 0 Å². The second-order valence-electron chi connectivity index (χ2n) is 5.10. The van der Waals surface area contributed by atoms with Crippen LogP contribution in [0.5, 0.6) is 0 Å².